The highest BCUT2D eigenvalue weighted by Crippen LogP contribution is 2.13. The minimum Gasteiger partial charge on any atom is -0.619 e. The van der Waals surface area contributed by atoms with Crippen LogP contribution in [-0.2, 0) is 11.2 Å². The van der Waals surface area contributed by atoms with Gasteiger partial charge in [0.2, 0.25) is 6.20 Å². The summed E-state index contributed by atoms with van der Waals surface area (Å²) in [6.45, 7) is 5.74. The average Bonchev–Trinajstić information content (AvgIpc) is 2.68. The number of oxazole rings is 1. The first-order valence-electron chi connectivity index (χ1n) is 6.28. The van der Waals surface area contributed by atoms with Crippen LogP contribution in [0.5, 0.6) is 0 Å². The molecule has 0 saturated heterocycles. The number of carbonyl (C=O) groups is 1. The van der Waals surface area contributed by atoms with Crippen LogP contribution in [0.3, 0.4) is 0 Å². The van der Waals surface area contributed by atoms with Crippen molar-refractivity contribution in [2.45, 2.75) is 32.8 Å². The van der Waals surface area contributed by atoms with Crippen LogP contribution in [0.2, 0.25) is 0 Å². The molecule has 0 aliphatic heterocycles. The van der Waals surface area contributed by atoms with Crippen molar-refractivity contribution in [3.63, 3.8) is 0 Å². The van der Waals surface area contributed by atoms with Crippen molar-refractivity contribution in [3.8, 4) is 0 Å². The van der Waals surface area contributed by atoms with Gasteiger partial charge in [0.1, 0.15) is 5.60 Å². The number of hydrogen-bond acceptors (Lipinski definition) is 5. The molecular formula is C13H17N3O4. The van der Waals surface area contributed by atoms with Crippen molar-refractivity contribution >= 4 is 17.2 Å². The van der Waals surface area contributed by atoms with Gasteiger partial charge in [-0.25, -0.2) is 9.78 Å². The van der Waals surface area contributed by atoms with E-state index in [9.17, 15) is 10.0 Å². The van der Waals surface area contributed by atoms with Crippen LogP contribution in [0.25, 0.3) is 11.1 Å². The molecule has 7 heteroatoms. The molecule has 1 N–H and O–H groups in total. The van der Waals surface area contributed by atoms with Crippen LogP contribution >= 0.6 is 0 Å². The standard InChI is InChI=1S/C13H17N3O4/c1-13(2,3)20-12(17)14-6-4-11-15-9-8-16(18)7-5-10(9)19-11/h5,7-8H,4,6H2,1-3H3,(H,14,17). The second-order valence-electron chi connectivity index (χ2n) is 5.34. The van der Waals surface area contributed by atoms with Gasteiger partial charge in [0.25, 0.3) is 0 Å². The molecule has 20 heavy (non-hydrogen) atoms. The van der Waals surface area contributed by atoms with E-state index in [1.807, 2.05) is 0 Å². The molecular weight excluding hydrogens is 262 g/mol. The Morgan fingerprint density at radius 1 is 1.55 bits per heavy atom. The van der Waals surface area contributed by atoms with Crippen molar-refractivity contribution in [2.75, 3.05) is 6.54 Å². The number of amides is 1. The Kier molecular flexibility index (Phi) is 3.78. The van der Waals surface area contributed by atoms with Gasteiger partial charge in [-0.15, -0.1) is 0 Å². The zero-order valence-corrected chi connectivity index (χ0v) is 11.7. The number of aromatic nitrogens is 2. The Hall–Kier alpha value is -2.31. The summed E-state index contributed by atoms with van der Waals surface area (Å²) in [7, 11) is 0. The van der Waals surface area contributed by atoms with Gasteiger partial charge in [-0.05, 0) is 20.8 Å². The number of ether oxygens (including phenoxy) is 1. The average molecular weight is 279 g/mol. The maximum atomic E-state index is 11.4. The first-order chi connectivity index (χ1) is 9.33. The molecule has 108 valence electrons. The molecule has 0 fully saturated rings. The van der Waals surface area contributed by atoms with E-state index in [2.05, 4.69) is 10.3 Å². The van der Waals surface area contributed by atoms with Gasteiger partial charge in [-0.2, -0.15) is 4.73 Å². The number of carbonyl (C=O) groups excluding carboxylic acids is 1. The molecule has 2 aromatic heterocycles. The molecule has 7 nitrogen and oxygen atoms in total. The van der Waals surface area contributed by atoms with E-state index in [-0.39, 0.29) is 0 Å². The van der Waals surface area contributed by atoms with Gasteiger partial charge in [-0.3, -0.25) is 0 Å². The number of rotatable bonds is 3. The van der Waals surface area contributed by atoms with Crippen LogP contribution in [-0.4, -0.2) is 23.2 Å². The lowest BCUT2D eigenvalue weighted by atomic mass is 10.2. The minimum absolute atomic E-state index is 0.346. The maximum Gasteiger partial charge on any atom is 0.407 e. The van der Waals surface area contributed by atoms with Crippen molar-refractivity contribution in [3.05, 3.63) is 29.6 Å². The Balaban J connectivity index is 1.88. The highest BCUT2D eigenvalue weighted by atomic mass is 16.6. The number of alkyl carbamates (subject to hydrolysis) is 1. The topological polar surface area (TPSA) is 91.3 Å². The van der Waals surface area contributed by atoms with E-state index in [4.69, 9.17) is 9.15 Å². The Labute approximate surface area is 116 Å². The fourth-order valence-corrected chi connectivity index (χ4v) is 1.60. The normalized spacial score (nSPS) is 11.6. The van der Waals surface area contributed by atoms with Gasteiger partial charge in [-0.1, -0.05) is 0 Å². The minimum atomic E-state index is -0.524. The van der Waals surface area contributed by atoms with E-state index in [1.54, 1.807) is 26.8 Å². The Morgan fingerprint density at radius 2 is 2.30 bits per heavy atom. The molecule has 0 atom stereocenters. The number of hydrogen-bond donors (Lipinski definition) is 1. The van der Waals surface area contributed by atoms with Crippen molar-refractivity contribution in [2.24, 2.45) is 0 Å². The summed E-state index contributed by atoms with van der Waals surface area (Å²) < 4.78 is 11.2. The highest BCUT2D eigenvalue weighted by molar-refractivity contribution is 5.70. The molecule has 0 aliphatic carbocycles. The third-order valence-electron chi connectivity index (χ3n) is 2.35. The number of nitrogens with zero attached hydrogens (tertiary/aromatic N) is 2. The Morgan fingerprint density at radius 3 is 3.00 bits per heavy atom. The first kappa shape index (κ1) is 14.1. The summed E-state index contributed by atoms with van der Waals surface area (Å²) in [6.07, 6.45) is 2.62. The fraction of sp³-hybridized carbons (Fsp3) is 0.462. The predicted octanol–water partition coefficient (Wildman–Crippen LogP) is 1.53. The molecule has 0 bridgehead atoms. The van der Waals surface area contributed by atoms with Gasteiger partial charge in [0, 0.05) is 19.0 Å². The summed E-state index contributed by atoms with van der Waals surface area (Å²) in [5.74, 6) is 0.460. The van der Waals surface area contributed by atoms with Gasteiger partial charge in [0.15, 0.2) is 23.2 Å². The number of fused-ring (bicyclic) bond motifs is 1. The SMILES string of the molecule is CC(C)(C)OC(=O)NCCc1nc2c[n+]([O-])ccc2o1. The first-order valence-corrected chi connectivity index (χ1v) is 6.28. The van der Waals surface area contributed by atoms with E-state index < -0.39 is 11.7 Å². The molecule has 2 heterocycles. The van der Waals surface area contributed by atoms with Crippen LogP contribution < -0.4 is 10.0 Å². The summed E-state index contributed by atoms with van der Waals surface area (Å²) >= 11 is 0. The lowest BCUT2D eigenvalue weighted by Gasteiger charge is -2.19. The maximum absolute atomic E-state index is 11.4. The van der Waals surface area contributed by atoms with E-state index in [1.165, 1.54) is 12.4 Å². The summed E-state index contributed by atoms with van der Waals surface area (Å²) in [4.78, 5) is 15.6. The second-order valence-corrected chi connectivity index (χ2v) is 5.34. The largest absolute Gasteiger partial charge is 0.619 e. The Bertz CT molecular complexity index is 616. The smallest absolute Gasteiger partial charge is 0.407 e. The molecule has 2 rings (SSSR count). The highest BCUT2D eigenvalue weighted by Gasteiger charge is 2.16. The van der Waals surface area contributed by atoms with Crippen LogP contribution in [0.4, 0.5) is 4.79 Å². The second kappa shape index (κ2) is 5.36. The third-order valence-corrected chi connectivity index (χ3v) is 2.35. The van der Waals surface area contributed by atoms with Gasteiger partial charge in [0.05, 0.1) is 0 Å². The van der Waals surface area contributed by atoms with E-state index in [0.717, 1.165) is 0 Å². The molecule has 1 amide bonds. The van der Waals surface area contributed by atoms with Gasteiger partial charge < -0.3 is 19.7 Å². The third kappa shape index (κ3) is 3.84. The monoisotopic (exact) mass is 279 g/mol. The van der Waals surface area contributed by atoms with Crippen LogP contribution in [0.15, 0.2) is 22.9 Å². The van der Waals surface area contributed by atoms with Crippen LogP contribution in [0.1, 0.15) is 26.7 Å². The zero-order chi connectivity index (χ0) is 14.8. The molecule has 0 radical (unpaired) electrons. The van der Waals surface area contributed by atoms with Gasteiger partial charge >= 0.3 is 6.09 Å². The lowest BCUT2D eigenvalue weighted by molar-refractivity contribution is -0.604. The molecule has 0 unspecified atom stereocenters. The lowest BCUT2D eigenvalue weighted by Crippen LogP contribution is -2.33. The predicted molar refractivity (Wildman–Crippen MR) is 70.9 cm³/mol. The zero-order valence-electron chi connectivity index (χ0n) is 11.7. The number of nitrogens with one attached hydrogen (secondary N) is 1. The molecule has 0 spiro atoms. The van der Waals surface area contributed by atoms with Crippen molar-refractivity contribution < 1.29 is 18.7 Å². The molecule has 0 saturated carbocycles. The molecule has 0 aliphatic rings. The van der Waals surface area contributed by atoms with E-state index >= 15 is 0 Å². The summed E-state index contributed by atoms with van der Waals surface area (Å²) in [5.41, 5.74) is 0.517. The van der Waals surface area contributed by atoms with Crippen molar-refractivity contribution in [1.82, 2.24) is 10.3 Å². The summed E-state index contributed by atoms with van der Waals surface area (Å²) in [5, 5.41) is 13.7. The molecule has 0 aromatic carbocycles. The van der Waals surface area contributed by atoms with E-state index in [0.29, 0.717) is 34.7 Å². The fourth-order valence-electron chi connectivity index (χ4n) is 1.60. The van der Waals surface area contributed by atoms with Crippen LogP contribution in [0, 0.1) is 5.21 Å². The quantitative estimate of drug-likeness (QED) is 0.679. The number of pyridine rings is 1. The summed E-state index contributed by atoms with van der Waals surface area (Å²) in [6, 6.07) is 1.56. The molecule has 2 aromatic rings. The van der Waals surface area contributed by atoms with Crippen molar-refractivity contribution in [1.29, 1.82) is 0 Å².